The largest absolute Gasteiger partial charge is 0.486 e. The lowest BCUT2D eigenvalue weighted by molar-refractivity contribution is 0.0566. The molecule has 35 heavy (non-hydrogen) atoms. The summed E-state index contributed by atoms with van der Waals surface area (Å²) in [5, 5.41) is 2.03. The highest BCUT2D eigenvalue weighted by atomic mass is 19.2. The van der Waals surface area contributed by atoms with Crippen LogP contribution < -0.4 is 4.74 Å². The lowest BCUT2D eigenvalue weighted by Gasteiger charge is -2.12. The first-order valence-corrected chi connectivity index (χ1v) is 12.6. The molecule has 0 saturated carbocycles. The Hall–Kier alpha value is -2.98. The van der Waals surface area contributed by atoms with Gasteiger partial charge in [-0.05, 0) is 78.8 Å². The van der Waals surface area contributed by atoms with Crippen molar-refractivity contribution in [2.24, 2.45) is 0 Å². The predicted octanol–water partition coefficient (Wildman–Crippen LogP) is 9.13. The Labute approximate surface area is 208 Å². The molecule has 186 valence electrons. The third-order valence-electron chi connectivity index (χ3n) is 6.02. The quantitative estimate of drug-likeness (QED) is 0.170. The van der Waals surface area contributed by atoms with E-state index in [9.17, 15) is 8.78 Å². The molecule has 0 heterocycles. The van der Waals surface area contributed by atoms with E-state index in [0.29, 0.717) is 11.7 Å². The highest BCUT2D eigenvalue weighted by molar-refractivity contribution is 5.89. The second-order valence-electron chi connectivity index (χ2n) is 8.88. The molecule has 0 spiro atoms. The van der Waals surface area contributed by atoms with Gasteiger partial charge in [0.2, 0.25) is 5.82 Å². The smallest absolute Gasteiger partial charge is 0.201 e. The highest BCUT2D eigenvalue weighted by Crippen LogP contribution is 2.32. The maximum absolute atomic E-state index is 14.7. The average Bonchev–Trinajstić information content (AvgIpc) is 2.87. The first-order valence-electron chi connectivity index (χ1n) is 12.6. The number of hydrogen-bond donors (Lipinski definition) is 0. The van der Waals surface area contributed by atoms with Gasteiger partial charge in [-0.3, -0.25) is 0 Å². The zero-order valence-electron chi connectivity index (χ0n) is 20.9. The third-order valence-corrected chi connectivity index (χ3v) is 6.02. The minimum atomic E-state index is -0.984. The van der Waals surface area contributed by atoms with Gasteiger partial charge < -0.3 is 9.47 Å². The van der Waals surface area contributed by atoms with Crippen LogP contribution in [0, 0.1) is 11.6 Å². The summed E-state index contributed by atoms with van der Waals surface area (Å²) in [4.78, 5) is 0. The average molecular weight is 479 g/mol. The Kier molecular flexibility index (Phi) is 10.5. The van der Waals surface area contributed by atoms with E-state index in [2.05, 4.69) is 38.6 Å². The number of hydrogen-bond acceptors (Lipinski definition) is 2. The van der Waals surface area contributed by atoms with Crippen LogP contribution in [-0.2, 0) is 4.74 Å². The second kappa shape index (κ2) is 13.8. The molecule has 0 bridgehead atoms. The molecule has 0 amide bonds. The lowest BCUT2D eigenvalue weighted by Crippen LogP contribution is -2.08. The summed E-state index contributed by atoms with van der Waals surface area (Å²) < 4.78 is 40.1. The van der Waals surface area contributed by atoms with Gasteiger partial charge in [0, 0.05) is 12.2 Å². The van der Waals surface area contributed by atoms with Gasteiger partial charge in [-0.15, -0.1) is 0 Å². The van der Waals surface area contributed by atoms with Crippen LogP contribution >= 0.6 is 0 Å². The first kappa shape index (κ1) is 26.6. The number of halogens is 2. The summed E-state index contributed by atoms with van der Waals surface area (Å²) >= 11 is 0. The minimum Gasteiger partial charge on any atom is -0.486 e. The van der Waals surface area contributed by atoms with E-state index >= 15 is 0 Å². The Morgan fingerprint density at radius 1 is 0.943 bits per heavy atom. The second-order valence-corrected chi connectivity index (χ2v) is 8.88. The molecule has 1 atom stereocenters. The number of allylic oxidation sites excluding steroid dienone is 1. The van der Waals surface area contributed by atoms with Crippen LogP contribution in [0.25, 0.3) is 28.0 Å². The zero-order valence-corrected chi connectivity index (χ0v) is 20.9. The molecular weight excluding hydrogens is 442 g/mol. The SMILES string of the molecule is C=CCOc1ccc(-c2ccc3cc(C=CCCCC(C)OCCCCC)ccc3c2)c(F)c1F. The number of rotatable bonds is 14. The minimum absolute atomic E-state index is 0.114. The van der Waals surface area contributed by atoms with E-state index in [1.54, 1.807) is 6.07 Å². The molecular formula is C31H36F2O2. The molecule has 3 rings (SSSR count). The van der Waals surface area contributed by atoms with Crippen LogP contribution in [-0.4, -0.2) is 19.3 Å². The van der Waals surface area contributed by atoms with E-state index in [4.69, 9.17) is 9.47 Å². The molecule has 1 unspecified atom stereocenters. The molecule has 0 radical (unpaired) electrons. The van der Waals surface area contributed by atoms with E-state index in [-0.39, 0.29) is 17.9 Å². The van der Waals surface area contributed by atoms with E-state index < -0.39 is 11.6 Å². The first-order chi connectivity index (χ1) is 17.0. The number of benzene rings is 3. The molecule has 0 fully saturated rings. The summed E-state index contributed by atoms with van der Waals surface area (Å²) in [6.45, 7) is 8.86. The van der Waals surface area contributed by atoms with Crippen molar-refractivity contribution in [3.05, 3.63) is 84.5 Å². The highest BCUT2D eigenvalue weighted by Gasteiger charge is 2.16. The summed E-state index contributed by atoms with van der Waals surface area (Å²) in [5.41, 5.74) is 1.96. The molecule has 0 saturated heterocycles. The van der Waals surface area contributed by atoms with Crippen molar-refractivity contribution in [1.29, 1.82) is 0 Å². The van der Waals surface area contributed by atoms with Crippen LogP contribution in [0.1, 0.15) is 57.9 Å². The van der Waals surface area contributed by atoms with Crippen LogP contribution in [0.4, 0.5) is 8.78 Å². The zero-order chi connectivity index (χ0) is 25.0. The van der Waals surface area contributed by atoms with Gasteiger partial charge in [-0.2, -0.15) is 4.39 Å². The molecule has 0 aliphatic carbocycles. The summed E-state index contributed by atoms with van der Waals surface area (Å²) in [6, 6.07) is 14.8. The molecule has 0 N–H and O–H groups in total. The maximum atomic E-state index is 14.7. The summed E-state index contributed by atoms with van der Waals surface area (Å²) in [6.07, 6.45) is 12.9. The van der Waals surface area contributed by atoms with Crippen LogP contribution in [0.3, 0.4) is 0 Å². The van der Waals surface area contributed by atoms with Crippen molar-refractivity contribution in [3.63, 3.8) is 0 Å². The van der Waals surface area contributed by atoms with Gasteiger partial charge in [0.15, 0.2) is 11.6 Å². The standard InChI is InChI=1S/C31H36F2O2/c1-4-6-10-20-34-23(3)11-8-7-9-12-24-13-14-26-22-27(16-15-25(26)21-24)28-17-18-29(35-19-5-2)31(33)30(28)32/h5,9,12-18,21-23H,2,4,6-8,10-11,19-20H2,1,3H3. The topological polar surface area (TPSA) is 18.5 Å². The van der Waals surface area contributed by atoms with Crippen molar-refractivity contribution >= 4 is 16.8 Å². The normalized spacial score (nSPS) is 12.3. The van der Waals surface area contributed by atoms with Gasteiger partial charge in [0.25, 0.3) is 0 Å². The van der Waals surface area contributed by atoms with Crippen molar-refractivity contribution in [2.45, 2.75) is 58.5 Å². The monoisotopic (exact) mass is 478 g/mol. The van der Waals surface area contributed by atoms with Crippen molar-refractivity contribution in [3.8, 4) is 16.9 Å². The molecule has 3 aromatic carbocycles. The van der Waals surface area contributed by atoms with Crippen molar-refractivity contribution in [2.75, 3.05) is 13.2 Å². The Balaban J connectivity index is 1.59. The van der Waals surface area contributed by atoms with Gasteiger partial charge >= 0.3 is 0 Å². The number of ether oxygens (including phenoxy) is 2. The fraction of sp³-hybridized carbons (Fsp3) is 0.355. The Morgan fingerprint density at radius 2 is 1.74 bits per heavy atom. The fourth-order valence-electron chi connectivity index (χ4n) is 4.01. The number of fused-ring (bicyclic) bond motifs is 1. The van der Waals surface area contributed by atoms with Crippen molar-refractivity contribution in [1.82, 2.24) is 0 Å². The van der Waals surface area contributed by atoms with Crippen LogP contribution in [0.5, 0.6) is 5.75 Å². The van der Waals surface area contributed by atoms with Gasteiger partial charge in [0.1, 0.15) is 6.61 Å². The summed E-state index contributed by atoms with van der Waals surface area (Å²) in [5.74, 6) is -2.01. The third kappa shape index (κ3) is 7.76. The Morgan fingerprint density at radius 3 is 2.54 bits per heavy atom. The van der Waals surface area contributed by atoms with Gasteiger partial charge in [-0.25, -0.2) is 4.39 Å². The molecule has 0 aromatic heterocycles. The molecule has 0 aliphatic heterocycles. The van der Waals surface area contributed by atoms with E-state index in [0.717, 1.165) is 48.6 Å². The van der Waals surface area contributed by atoms with Crippen LogP contribution in [0.15, 0.2) is 67.3 Å². The molecule has 0 aliphatic rings. The molecule has 3 aromatic rings. The summed E-state index contributed by atoms with van der Waals surface area (Å²) in [7, 11) is 0. The fourth-order valence-corrected chi connectivity index (χ4v) is 4.01. The van der Waals surface area contributed by atoms with E-state index in [1.807, 2.05) is 30.3 Å². The van der Waals surface area contributed by atoms with Crippen LogP contribution in [0.2, 0.25) is 0 Å². The van der Waals surface area contributed by atoms with Gasteiger partial charge in [-0.1, -0.05) is 68.8 Å². The van der Waals surface area contributed by atoms with E-state index in [1.165, 1.54) is 25.0 Å². The lowest BCUT2D eigenvalue weighted by atomic mass is 9.99. The van der Waals surface area contributed by atoms with Gasteiger partial charge in [0.05, 0.1) is 6.10 Å². The maximum Gasteiger partial charge on any atom is 0.201 e. The Bertz CT molecular complexity index is 1140. The van der Waals surface area contributed by atoms with Crippen molar-refractivity contribution < 1.29 is 18.3 Å². The predicted molar refractivity (Wildman–Crippen MR) is 143 cm³/mol. The number of unbranched alkanes of at least 4 members (excludes halogenated alkanes) is 3. The molecule has 2 nitrogen and oxygen atoms in total. The molecule has 4 heteroatoms.